The molecular weight excluding hydrogens is 502 g/mol. The van der Waals surface area contributed by atoms with Gasteiger partial charge in [0.15, 0.2) is 20.7 Å². The van der Waals surface area contributed by atoms with E-state index in [1.807, 2.05) is 6.07 Å². The molecule has 0 radical (unpaired) electrons. The van der Waals surface area contributed by atoms with Crippen molar-refractivity contribution in [3.63, 3.8) is 0 Å². The minimum Gasteiger partial charge on any atom is -0.495 e. The first kappa shape index (κ1) is 27.7. The number of benzene rings is 1. The Morgan fingerprint density at radius 3 is 2.61 bits per heavy atom. The molecule has 1 fully saturated rings. The van der Waals surface area contributed by atoms with Gasteiger partial charge >= 0.3 is 0 Å². The lowest BCUT2D eigenvalue weighted by Gasteiger charge is -2.25. The smallest absolute Gasteiger partial charge is 0.229 e. The maximum Gasteiger partial charge on any atom is 0.229 e. The summed E-state index contributed by atoms with van der Waals surface area (Å²) < 4.78 is 30.7. The molecule has 0 saturated carbocycles. The van der Waals surface area contributed by atoms with Gasteiger partial charge in [-0.2, -0.15) is 4.98 Å². The number of methoxy groups -OCH3 is 1. The molecule has 12 heteroatoms. The molecule has 0 amide bonds. The van der Waals surface area contributed by atoms with Crippen molar-refractivity contribution in [1.82, 2.24) is 20.6 Å². The van der Waals surface area contributed by atoms with Crippen molar-refractivity contribution in [3.05, 3.63) is 46.4 Å². The number of hydrogen-bond acceptors (Lipinski definition) is 10. The number of aryl methyl sites for hydroxylation is 1. The number of ether oxygens (including phenoxy) is 1. The van der Waals surface area contributed by atoms with E-state index in [1.54, 1.807) is 14.2 Å². The molecule has 1 saturated heterocycles. The van der Waals surface area contributed by atoms with Crippen molar-refractivity contribution in [1.29, 1.82) is 5.41 Å². The fourth-order valence-electron chi connectivity index (χ4n) is 4.00. The predicted octanol–water partition coefficient (Wildman–Crippen LogP) is 3.93. The number of piperidine rings is 1. The third-order valence-corrected chi connectivity index (χ3v) is 8.36. The zero-order valence-corrected chi connectivity index (χ0v) is 22.8. The van der Waals surface area contributed by atoms with Gasteiger partial charge in [0.05, 0.1) is 29.9 Å². The van der Waals surface area contributed by atoms with Crippen LogP contribution in [0.15, 0.2) is 30.2 Å². The van der Waals surface area contributed by atoms with Crippen LogP contribution in [0.1, 0.15) is 43.7 Å². The van der Waals surface area contributed by atoms with Gasteiger partial charge in [0.25, 0.3) is 0 Å². The Morgan fingerprint density at radius 2 is 2.00 bits per heavy atom. The van der Waals surface area contributed by atoms with Gasteiger partial charge in [-0.1, -0.05) is 11.6 Å². The number of halogens is 1. The lowest BCUT2D eigenvalue weighted by molar-refractivity contribution is 0.413. The van der Waals surface area contributed by atoms with Crippen LogP contribution in [0.4, 0.5) is 17.5 Å². The molecule has 0 aliphatic carbocycles. The third kappa shape index (κ3) is 6.26. The van der Waals surface area contributed by atoms with Crippen LogP contribution in [0.2, 0.25) is 5.02 Å². The van der Waals surface area contributed by atoms with E-state index in [2.05, 4.69) is 44.2 Å². The molecule has 0 bridgehead atoms. The maximum absolute atomic E-state index is 12.5. The van der Waals surface area contributed by atoms with Crippen LogP contribution in [-0.2, 0) is 9.84 Å². The number of sulfone groups is 1. The topological polar surface area (TPSA) is 141 Å². The Bertz CT molecular complexity index is 1240. The highest BCUT2D eigenvalue weighted by molar-refractivity contribution is 8.07. The molecule has 196 valence electrons. The van der Waals surface area contributed by atoms with E-state index in [0.717, 1.165) is 31.5 Å². The number of nitrogens with zero attached hydrogens (tertiary/aromatic N) is 2. The summed E-state index contributed by atoms with van der Waals surface area (Å²) in [6.45, 7) is 7.12. The molecule has 1 aromatic heterocycles. The first-order valence-electron chi connectivity index (χ1n) is 11.7. The second-order valence-corrected chi connectivity index (χ2v) is 11.7. The second-order valence-electron chi connectivity index (χ2n) is 8.84. The van der Waals surface area contributed by atoms with Gasteiger partial charge in [0, 0.05) is 13.2 Å². The summed E-state index contributed by atoms with van der Waals surface area (Å²) in [5, 5.41) is 19.3. The normalized spacial score (nSPS) is 15.0. The maximum atomic E-state index is 12.5. The molecule has 5 N–H and O–H groups in total. The highest BCUT2D eigenvalue weighted by Crippen LogP contribution is 2.36. The van der Waals surface area contributed by atoms with E-state index in [0.29, 0.717) is 17.4 Å². The molecule has 2 heterocycles. The molecule has 36 heavy (non-hydrogen) atoms. The summed E-state index contributed by atoms with van der Waals surface area (Å²) in [6.07, 6.45) is 4.94. The standard InChI is InChI=1S/C24H34ClN7O3S/c1-14(2)36(33,34)22(26)20(13-27-4)30-23-18(25)12-29-24(32-23)31-19-10-15(3)17(11-21(19)35-5)16-6-8-28-9-7-16/h10-14,16,26-28H,6-9H2,1-5H3,(H2,29,30,31,32)/b20-13+,26-22?. The Balaban J connectivity index is 1.89. The lowest BCUT2D eigenvalue weighted by atomic mass is 9.87. The monoisotopic (exact) mass is 535 g/mol. The first-order valence-corrected chi connectivity index (χ1v) is 13.7. The van der Waals surface area contributed by atoms with E-state index >= 15 is 0 Å². The molecule has 0 unspecified atom stereocenters. The zero-order chi connectivity index (χ0) is 26.5. The molecular formula is C24H34ClN7O3S. The highest BCUT2D eigenvalue weighted by Gasteiger charge is 2.27. The van der Waals surface area contributed by atoms with Gasteiger partial charge in [0.2, 0.25) is 5.95 Å². The summed E-state index contributed by atoms with van der Waals surface area (Å²) in [5.41, 5.74) is 3.12. The van der Waals surface area contributed by atoms with Crippen LogP contribution < -0.4 is 26.0 Å². The van der Waals surface area contributed by atoms with E-state index in [9.17, 15) is 8.42 Å². The van der Waals surface area contributed by atoms with Crippen LogP contribution in [0.3, 0.4) is 0 Å². The van der Waals surface area contributed by atoms with Crippen molar-refractivity contribution in [2.45, 2.75) is 44.8 Å². The van der Waals surface area contributed by atoms with Gasteiger partial charge in [-0.05, 0) is 75.9 Å². The first-order chi connectivity index (χ1) is 17.1. The Kier molecular flexibility index (Phi) is 9.15. The number of nitrogens with one attached hydrogen (secondary N) is 5. The highest BCUT2D eigenvalue weighted by atomic mass is 35.5. The van der Waals surface area contributed by atoms with Crippen molar-refractivity contribution < 1.29 is 13.2 Å². The van der Waals surface area contributed by atoms with Crippen LogP contribution in [0.25, 0.3) is 0 Å². The Hall–Kier alpha value is -2.89. The molecule has 3 rings (SSSR count). The lowest BCUT2D eigenvalue weighted by Crippen LogP contribution is -2.28. The van der Waals surface area contributed by atoms with Gasteiger partial charge in [-0.3, -0.25) is 5.41 Å². The second kappa shape index (κ2) is 11.9. The number of rotatable bonds is 9. The van der Waals surface area contributed by atoms with E-state index in [1.165, 1.54) is 31.8 Å². The number of anilines is 3. The fourth-order valence-corrected chi connectivity index (χ4v) is 5.02. The molecule has 1 aromatic carbocycles. The Labute approximate surface area is 217 Å². The van der Waals surface area contributed by atoms with Crippen LogP contribution in [-0.4, -0.2) is 55.9 Å². The average Bonchev–Trinajstić information content (AvgIpc) is 2.85. The van der Waals surface area contributed by atoms with Crippen molar-refractivity contribution in [3.8, 4) is 5.75 Å². The van der Waals surface area contributed by atoms with Crippen molar-refractivity contribution in [2.24, 2.45) is 0 Å². The summed E-state index contributed by atoms with van der Waals surface area (Å²) in [5.74, 6) is 1.53. The van der Waals surface area contributed by atoms with E-state index in [4.69, 9.17) is 21.7 Å². The van der Waals surface area contributed by atoms with Gasteiger partial charge in [-0.15, -0.1) is 0 Å². The van der Waals surface area contributed by atoms with E-state index < -0.39 is 20.1 Å². The van der Waals surface area contributed by atoms with Gasteiger partial charge in [0.1, 0.15) is 10.8 Å². The fraction of sp³-hybridized carbons (Fsp3) is 0.458. The summed E-state index contributed by atoms with van der Waals surface area (Å²) in [7, 11) is -0.604. The summed E-state index contributed by atoms with van der Waals surface area (Å²) in [6, 6.07) is 4.08. The minimum absolute atomic E-state index is 0.0116. The SMILES string of the molecule is CN/C=C(/Nc1nc(Nc2cc(C)c(C3CCNCC3)cc2OC)ncc1Cl)C(=N)S(=O)(=O)C(C)C. The molecule has 10 nitrogen and oxygen atoms in total. The molecule has 1 aliphatic heterocycles. The summed E-state index contributed by atoms with van der Waals surface area (Å²) >= 11 is 6.30. The minimum atomic E-state index is -3.83. The zero-order valence-electron chi connectivity index (χ0n) is 21.2. The van der Waals surface area contributed by atoms with Gasteiger partial charge < -0.3 is 26.0 Å². The van der Waals surface area contributed by atoms with Crippen LogP contribution in [0.5, 0.6) is 5.75 Å². The van der Waals surface area contributed by atoms with Crippen molar-refractivity contribution in [2.75, 3.05) is 37.9 Å². The van der Waals surface area contributed by atoms with Crippen LogP contribution >= 0.6 is 11.6 Å². The third-order valence-electron chi connectivity index (χ3n) is 6.05. The van der Waals surface area contributed by atoms with Crippen LogP contribution in [0, 0.1) is 12.3 Å². The van der Waals surface area contributed by atoms with E-state index in [-0.39, 0.29) is 22.5 Å². The number of aromatic nitrogens is 2. The Morgan fingerprint density at radius 1 is 1.31 bits per heavy atom. The molecule has 1 aliphatic rings. The molecule has 0 atom stereocenters. The molecule has 2 aromatic rings. The molecule has 0 spiro atoms. The largest absolute Gasteiger partial charge is 0.495 e. The number of hydrogen-bond donors (Lipinski definition) is 5. The predicted molar refractivity (Wildman–Crippen MR) is 145 cm³/mol. The average molecular weight is 536 g/mol. The summed E-state index contributed by atoms with van der Waals surface area (Å²) in [4.78, 5) is 8.69. The van der Waals surface area contributed by atoms with Gasteiger partial charge in [-0.25, -0.2) is 13.4 Å². The quantitative estimate of drug-likeness (QED) is 0.238. The van der Waals surface area contributed by atoms with Crippen molar-refractivity contribution >= 4 is 43.9 Å².